The number of rotatable bonds is 6. The first-order valence-corrected chi connectivity index (χ1v) is 12.1. The molecule has 2 aliphatic heterocycles. The minimum Gasteiger partial charge on any atom is -0.493 e. The zero-order valence-corrected chi connectivity index (χ0v) is 21.5. The van der Waals surface area contributed by atoms with E-state index in [1.54, 1.807) is 28.4 Å². The monoisotopic (exact) mass is 521 g/mol. The number of ether oxygens (including phenoxy) is 4. The lowest BCUT2D eigenvalue weighted by molar-refractivity contribution is 0.332. The second-order valence-corrected chi connectivity index (χ2v) is 9.41. The Kier molecular flexibility index (Phi) is 6.17. The van der Waals surface area contributed by atoms with Crippen molar-refractivity contribution in [3.63, 3.8) is 0 Å². The zero-order valence-electron chi connectivity index (χ0n) is 19.9. The maximum Gasteiger partial charge on any atom is 0.166 e. The summed E-state index contributed by atoms with van der Waals surface area (Å²) in [6.07, 6.45) is 1.73. The van der Waals surface area contributed by atoms with E-state index in [2.05, 4.69) is 63.3 Å². The summed E-state index contributed by atoms with van der Waals surface area (Å²) in [5, 5.41) is 0. The Morgan fingerprint density at radius 2 is 1.59 bits per heavy atom. The van der Waals surface area contributed by atoms with Crippen molar-refractivity contribution in [1.82, 2.24) is 4.90 Å². The van der Waals surface area contributed by atoms with E-state index >= 15 is 0 Å². The average molecular weight is 522 g/mol. The molecule has 3 aromatic carbocycles. The Morgan fingerprint density at radius 1 is 0.824 bits per heavy atom. The number of hydrogen-bond donors (Lipinski definition) is 0. The number of halogens is 1. The summed E-state index contributed by atoms with van der Waals surface area (Å²) in [5.41, 5.74) is 8.61. The third-order valence-corrected chi connectivity index (χ3v) is 7.20. The van der Waals surface area contributed by atoms with Crippen molar-refractivity contribution in [3.05, 3.63) is 80.8 Å². The highest BCUT2D eigenvalue weighted by Crippen LogP contribution is 2.48. The van der Waals surface area contributed by atoms with Gasteiger partial charge in [0.1, 0.15) is 0 Å². The summed E-state index contributed by atoms with van der Waals surface area (Å²) in [6.45, 7) is 1.68. The van der Waals surface area contributed by atoms with Crippen molar-refractivity contribution in [2.24, 2.45) is 0 Å². The zero-order chi connectivity index (χ0) is 23.8. The second-order valence-electron chi connectivity index (χ2n) is 8.50. The van der Waals surface area contributed by atoms with Crippen molar-refractivity contribution in [3.8, 4) is 23.0 Å². The van der Waals surface area contributed by atoms with Gasteiger partial charge in [-0.15, -0.1) is 0 Å². The third-order valence-electron chi connectivity index (χ3n) is 6.71. The predicted octanol–water partition coefficient (Wildman–Crippen LogP) is 5.97. The lowest BCUT2D eigenvalue weighted by Crippen LogP contribution is -2.33. The van der Waals surface area contributed by atoms with Crippen molar-refractivity contribution in [2.75, 3.05) is 35.0 Å². The molecule has 5 nitrogen and oxygen atoms in total. The minimum absolute atomic E-state index is 0.746. The number of methoxy groups -OCH3 is 4. The molecule has 2 aliphatic rings. The van der Waals surface area contributed by atoms with Crippen LogP contribution < -0.4 is 18.9 Å². The molecule has 0 unspecified atom stereocenters. The second kappa shape index (κ2) is 9.26. The first-order chi connectivity index (χ1) is 16.6. The summed E-state index contributed by atoms with van der Waals surface area (Å²) < 4.78 is 23.8. The van der Waals surface area contributed by atoms with E-state index in [-0.39, 0.29) is 0 Å². The fraction of sp³-hybridized carbons (Fsp3) is 0.286. The molecule has 2 heterocycles. The fourth-order valence-corrected chi connectivity index (χ4v) is 5.62. The SMILES string of the molecule is COc1cc2c(cc1OC)C1=C(Cc3cccc(Br)c3)c3ccc(OC)c(OC)c3CN1CC2. The van der Waals surface area contributed by atoms with Crippen molar-refractivity contribution >= 4 is 27.2 Å². The molecule has 34 heavy (non-hydrogen) atoms. The lowest BCUT2D eigenvalue weighted by Gasteiger charge is -2.40. The van der Waals surface area contributed by atoms with Gasteiger partial charge >= 0.3 is 0 Å². The van der Waals surface area contributed by atoms with Crippen LogP contribution in [0.2, 0.25) is 0 Å². The van der Waals surface area contributed by atoms with Crippen LogP contribution in [0.25, 0.3) is 11.3 Å². The van der Waals surface area contributed by atoms with E-state index in [1.165, 1.54) is 39.1 Å². The highest BCUT2D eigenvalue weighted by Gasteiger charge is 2.33. The fourth-order valence-electron chi connectivity index (χ4n) is 5.18. The molecule has 0 radical (unpaired) electrons. The van der Waals surface area contributed by atoms with Gasteiger partial charge in [0.25, 0.3) is 0 Å². The largest absolute Gasteiger partial charge is 0.493 e. The Morgan fingerprint density at radius 3 is 2.29 bits per heavy atom. The Labute approximate surface area is 209 Å². The molecule has 0 bridgehead atoms. The number of fused-ring (bicyclic) bond motifs is 4. The molecule has 6 heteroatoms. The molecular weight excluding hydrogens is 494 g/mol. The van der Waals surface area contributed by atoms with Gasteiger partial charge in [0.2, 0.25) is 0 Å². The van der Waals surface area contributed by atoms with Crippen LogP contribution in [0.1, 0.15) is 27.8 Å². The molecule has 0 saturated heterocycles. The maximum atomic E-state index is 5.85. The standard InChI is InChI=1S/C28H28BrNO4/c1-31-24-9-8-20-22(13-17-6-5-7-19(29)12-17)27-21-15-26(33-3)25(32-2)14-18(21)10-11-30(27)16-23(20)28(24)34-4/h5-9,12,14-15H,10-11,13,16H2,1-4H3. The van der Waals surface area contributed by atoms with Crippen LogP contribution in [0.4, 0.5) is 0 Å². The Balaban J connectivity index is 1.78. The molecule has 3 aromatic rings. The average Bonchev–Trinajstić information content (AvgIpc) is 2.86. The summed E-state index contributed by atoms with van der Waals surface area (Å²) in [5.74, 6) is 3.08. The number of hydrogen-bond acceptors (Lipinski definition) is 5. The first kappa shape index (κ1) is 22.7. The number of nitrogens with zero attached hydrogens (tertiary/aromatic N) is 1. The normalized spacial score (nSPS) is 14.2. The van der Waals surface area contributed by atoms with E-state index in [4.69, 9.17) is 18.9 Å². The predicted molar refractivity (Wildman–Crippen MR) is 138 cm³/mol. The molecule has 0 aromatic heterocycles. The van der Waals surface area contributed by atoms with Crippen molar-refractivity contribution in [1.29, 1.82) is 0 Å². The van der Waals surface area contributed by atoms with Gasteiger partial charge in [-0.05, 0) is 59.0 Å². The lowest BCUT2D eigenvalue weighted by atomic mass is 9.83. The molecular formula is C28H28BrNO4. The first-order valence-electron chi connectivity index (χ1n) is 11.3. The van der Waals surface area contributed by atoms with Crippen LogP contribution in [-0.2, 0) is 19.4 Å². The van der Waals surface area contributed by atoms with Crippen LogP contribution in [0.3, 0.4) is 0 Å². The molecule has 0 N–H and O–H groups in total. The molecule has 0 spiro atoms. The van der Waals surface area contributed by atoms with Gasteiger partial charge in [0, 0.05) is 40.8 Å². The number of benzene rings is 3. The van der Waals surface area contributed by atoms with E-state index in [0.29, 0.717) is 0 Å². The van der Waals surface area contributed by atoms with Gasteiger partial charge in [-0.3, -0.25) is 0 Å². The molecule has 176 valence electrons. The van der Waals surface area contributed by atoms with E-state index in [0.717, 1.165) is 53.4 Å². The topological polar surface area (TPSA) is 40.2 Å². The van der Waals surface area contributed by atoms with Crippen LogP contribution in [-0.4, -0.2) is 39.9 Å². The number of allylic oxidation sites excluding steroid dienone is 1. The van der Waals surface area contributed by atoms with Crippen molar-refractivity contribution < 1.29 is 18.9 Å². The van der Waals surface area contributed by atoms with Gasteiger partial charge in [0.05, 0.1) is 28.4 Å². The van der Waals surface area contributed by atoms with Gasteiger partial charge in [-0.1, -0.05) is 34.1 Å². The molecule has 0 atom stereocenters. The molecule has 5 rings (SSSR count). The van der Waals surface area contributed by atoms with Gasteiger partial charge in [-0.25, -0.2) is 0 Å². The highest BCUT2D eigenvalue weighted by atomic mass is 79.9. The molecule has 0 saturated carbocycles. The van der Waals surface area contributed by atoms with Gasteiger partial charge in [0.15, 0.2) is 23.0 Å². The smallest absolute Gasteiger partial charge is 0.166 e. The minimum atomic E-state index is 0.746. The molecule has 0 fully saturated rings. The Hall–Kier alpha value is -3.12. The molecule has 0 amide bonds. The quantitative estimate of drug-likeness (QED) is 0.399. The summed E-state index contributed by atoms with van der Waals surface area (Å²) in [4.78, 5) is 2.46. The highest BCUT2D eigenvalue weighted by molar-refractivity contribution is 9.10. The maximum absolute atomic E-state index is 5.85. The molecule has 0 aliphatic carbocycles. The van der Waals surface area contributed by atoms with Gasteiger partial charge in [-0.2, -0.15) is 0 Å². The van der Waals surface area contributed by atoms with E-state index in [9.17, 15) is 0 Å². The summed E-state index contributed by atoms with van der Waals surface area (Å²) in [7, 11) is 6.78. The summed E-state index contributed by atoms with van der Waals surface area (Å²) >= 11 is 3.64. The van der Waals surface area contributed by atoms with Crippen LogP contribution >= 0.6 is 15.9 Å². The van der Waals surface area contributed by atoms with Crippen LogP contribution in [0.5, 0.6) is 23.0 Å². The Bertz CT molecular complexity index is 1280. The van der Waals surface area contributed by atoms with Crippen LogP contribution in [0.15, 0.2) is 53.0 Å². The van der Waals surface area contributed by atoms with E-state index < -0.39 is 0 Å². The third kappa shape index (κ3) is 3.80. The van der Waals surface area contributed by atoms with Gasteiger partial charge < -0.3 is 23.8 Å². The van der Waals surface area contributed by atoms with Crippen molar-refractivity contribution in [2.45, 2.75) is 19.4 Å². The van der Waals surface area contributed by atoms with Crippen LogP contribution in [0, 0.1) is 0 Å². The summed E-state index contributed by atoms with van der Waals surface area (Å²) in [6, 6.07) is 16.9. The van der Waals surface area contributed by atoms with E-state index in [1.807, 2.05) is 6.07 Å².